The summed E-state index contributed by atoms with van der Waals surface area (Å²) in [4.78, 5) is 26.1. The molecule has 0 aliphatic carbocycles. The monoisotopic (exact) mass is 382 g/mol. The van der Waals surface area contributed by atoms with Crippen molar-refractivity contribution in [3.05, 3.63) is 45.1 Å². The minimum atomic E-state index is -1.03. The summed E-state index contributed by atoms with van der Waals surface area (Å²) in [6.45, 7) is 1.83. The molecule has 1 aliphatic heterocycles. The van der Waals surface area contributed by atoms with Crippen molar-refractivity contribution < 1.29 is 14.7 Å². The number of hydrogen-bond acceptors (Lipinski definition) is 5. The third-order valence-corrected chi connectivity index (χ3v) is 5.85. The van der Waals surface area contributed by atoms with Crippen molar-refractivity contribution in [3.63, 3.8) is 0 Å². The first-order valence-corrected chi connectivity index (χ1v) is 9.66. The smallest absolute Gasteiger partial charge is 0.345 e. The fourth-order valence-corrected chi connectivity index (χ4v) is 4.26. The Morgan fingerprint density at radius 1 is 1.12 bits per heavy atom. The molecule has 8 heteroatoms. The summed E-state index contributed by atoms with van der Waals surface area (Å²) in [5.41, 5.74) is 1.58. The van der Waals surface area contributed by atoms with Gasteiger partial charge in [0.05, 0.1) is 16.3 Å². The molecule has 1 fully saturated rings. The number of carbonyl (C=O) groups excluding carboxylic acids is 1. The lowest BCUT2D eigenvalue weighted by Gasteiger charge is -2.30. The Hall–Kier alpha value is -1.70. The number of thiophene rings is 1. The summed E-state index contributed by atoms with van der Waals surface area (Å²) in [5, 5.41) is 12.4. The number of benzene rings is 1. The molecule has 0 bridgehead atoms. The predicted molar refractivity (Wildman–Crippen MR) is 100 cm³/mol. The number of anilines is 2. The van der Waals surface area contributed by atoms with Gasteiger partial charge in [-0.1, -0.05) is 11.6 Å². The molecule has 1 amide bonds. The van der Waals surface area contributed by atoms with E-state index in [1.165, 1.54) is 12.1 Å². The van der Waals surface area contributed by atoms with Crippen LogP contribution in [0.1, 0.15) is 19.3 Å². The first-order chi connectivity index (χ1) is 11.5. The van der Waals surface area contributed by atoms with Crippen molar-refractivity contribution in [1.82, 2.24) is 0 Å². The van der Waals surface area contributed by atoms with Gasteiger partial charge in [-0.25, -0.2) is 4.79 Å². The molecule has 5 nitrogen and oxygen atoms in total. The number of carbonyl (C=O) groups is 2. The van der Waals surface area contributed by atoms with Crippen LogP contribution < -0.4 is 10.2 Å². The van der Waals surface area contributed by atoms with Gasteiger partial charge in [-0.3, -0.25) is 4.79 Å². The molecular weight excluding hydrogens is 368 g/mol. The van der Waals surface area contributed by atoms with Gasteiger partial charge in [-0.2, -0.15) is 11.8 Å². The summed E-state index contributed by atoms with van der Waals surface area (Å²) in [6.07, 6.45) is 0. The summed E-state index contributed by atoms with van der Waals surface area (Å²) in [6, 6.07) is 8.39. The summed E-state index contributed by atoms with van der Waals surface area (Å²) < 4.78 is 0. The van der Waals surface area contributed by atoms with E-state index >= 15 is 0 Å². The number of hydrogen-bond donors (Lipinski definition) is 2. The SMILES string of the molecule is O=C(O)c1ccc(C(=O)Nc2cc(Cl)ccc2N2CCSCC2)s1. The average Bonchev–Trinajstić information content (AvgIpc) is 3.06. The van der Waals surface area contributed by atoms with Crippen LogP contribution in [0.2, 0.25) is 5.02 Å². The Bertz CT molecular complexity index is 772. The quantitative estimate of drug-likeness (QED) is 0.839. The third-order valence-electron chi connectivity index (χ3n) is 3.60. The minimum Gasteiger partial charge on any atom is -0.477 e. The van der Waals surface area contributed by atoms with Gasteiger partial charge in [0.15, 0.2) is 0 Å². The van der Waals surface area contributed by atoms with Crippen LogP contribution in [0.5, 0.6) is 0 Å². The van der Waals surface area contributed by atoms with Crippen molar-refractivity contribution in [3.8, 4) is 0 Å². The van der Waals surface area contributed by atoms with Crippen LogP contribution in [-0.2, 0) is 0 Å². The highest BCUT2D eigenvalue weighted by Gasteiger charge is 2.18. The second-order valence-corrected chi connectivity index (χ2v) is 7.93. The molecule has 3 rings (SSSR count). The van der Waals surface area contributed by atoms with Gasteiger partial charge >= 0.3 is 5.97 Å². The van der Waals surface area contributed by atoms with E-state index in [1.807, 2.05) is 23.9 Å². The van der Waals surface area contributed by atoms with E-state index in [1.54, 1.807) is 6.07 Å². The second-order valence-electron chi connectivity index (χ2n) is 5.18. The number of halogens is 1. The molecule has 0 unspecified atom stereocenters. The molecule has 0 spiro atoms. The Balaban J connectivity index is 1.83. The number of amides is 1. The number of aromatic carboxylic acids is 1. The topological polar surface area (TPSA) is 69.6 Å². The van der Waals surface area contributed by atoms with E-state index in [4.69, 9.17) is 16.7 Å². The standard InChI is InChI=1S/C16H15ClN2O3S2/c17-10-1-2-12(19-5-7-23-8-6-19)11(9-10)18-15(20)13-3-4-14(24-13)16(21)22/h1-4,9H,5-8H2,(H,18,20)(H,21,22). The van der Waals surface area contributed by atoms with Gasteiger partial charge in [-0.05, 0) is 30.3 Å². The van der Waals surface area contributed by atoms with Gasteiger partial charge in [0, 0.05) is 29.6 Å². The molecule has 0 saturated carbocycles. The highest BCUT2D eigenvalue weighted by Crippen LogP contribution is 2.31. The van der Waals surface area contributed by atoms with Gasteiger partial charge < -0.3 is 15.3 Å². The van der Waals surface area contributed by atoms with Crippen LogP contribution in [0.15, 0.2) is 30.3 Å². The number of rotatable bonds is 4. The number of thioether (sulfide) groups is 1. The fraction of sp³-hybridized carbons (Fsp3) is 0.250. The van der Waals surface area contributed by atoms with Gasteiger partial charge in [0.1, 0.15) is 4.88 Å². The molecule has 1 aromatic heterocycles. The zero-order chi connectivity index (χ0) is 17.1. The Morgan fingerprint density at radius 2 is 1.83 bits per heavy atom. The van der Waals surface area contributed by atoms with Crippen LogP contribution in [0.4, 0.5) is 11.4 Å². The first kappa shape index (κ1) is 17.1. The molecule has 0 atom stereocenters. The van der Waals surface area contributed by atoms with E-state index in [9.17, 15) is 9.59 Å². The lowest BCUT2D eigenvalue weighted by Crippen LogP contribution is -2.33. The highest BCUT2D eigenvalue weighted by atomic mass is 35.5. The van der Waals surface area contributed by atoms with Crippen molar-refractivity contribution in [1.29, 1.82) is 0 Å². The van der Waals surface area contributed by atoms with Gasteiger partial charge in [0.25, 0.3) is 5.91 Å². The Labute approximate surface area is 152 Å². The Morgan fingerprint density at radius 3 is 2.50 bits per heavy atom. The maximum atomic E-state index is 12.4. The molecule has 126 valence electrons. The molecule has 2 heterocycles. The number of carboxylic acid groups (broad SMARTS) is 1. The van der Waals surface area contributed by atoms with Crippen molar-refractivity contribution in [2.75, 3.05) is 34.8 Å². The molecule has 1 aliphatic rings. The van der Waals surface area contributed by atoms with Crippen molar-refractivity contribution >= 4 is 58.0 Å². The normalized spacial score (nSPS) is 14.5. The largest absolute Gasteiger partial charge is 0.477 e. The highest BCUT2D eigenvalue weighted by molar-refractivity contribution is 7.99. The molecular formula is C16H15ClN2O3S2. The lowest BCUT2D eigenvalue weighted by atomic mass is 10.2. The first-order valence-electron chi connectivity index (χ1n) is 7.31. The Kier molecular flexibility index (Phi) is 5.33. The molecule has 1 aromatic carbocycles. The predicted octanol–water partition coefficient (Wildman–Crippen LogP) is 3.91. The summed E-state index contributed by atoms with van der Waals surface area (Å²) >= 11 is 8.94. The average molecular weight is 383 g/mol. The zero-order valence-electron chi connectivity index (χ0n) is 12.6. The summed E-state index contributed by atoms with van der Waals surface area (Å²) in [5.74, 6) is 0.724. The maximum Gasteiger partial charge on any atom is 0.345 e. The van der Waals surface area contributed by atoms with Crippen LogP contribution in [0.3, 0.4) is 0 Å². The van der Waals surface area contributed by atoms with E-state index in [-0.39, 0.29) is 10.8 Å². The van der Waals surface area contributed by atoms with Crippen LogP contribution in [-0.4, -0.2) is 41.6 Å². The molecule has 0 radical (unpaired) electrons. The molecule has 24 heavy (non-hydrogen) atoms. The molecule has 1 saturated heterocycles. The second kappa shape index (κ2) is 7.46. The van der Waals surface area contributed by atoms with Crippen LogP contribution in [0, 0.1) is 0 Å². The molecule has 2 N–H and O–H groups in total. The van der Waals surface area contributed by atoms with E-state index < -0.39 is 5.97 Å². The van der Waals surface area contributed by atoms with Crippen molar-refractivity contribution in [2.24, 2.45) is 0 Å². The zero-order valence-corrected chi connectivity index (χ0v) is 15.0. The lowest BCUT2D eigenvalue weighted by molar-refractivity contribution is 0.0702. The summed E-state index contributed by atoms with van der Waals surface area (Å²) in [7, 11) is 0. The molecule has 2 aromatic rings. The van der Waals surface area contributed by atoms with Gasteiger partial charge in [0.2, 0.25) is 0 Å². The minimum absolute atomic E-state index is 0.138. The van der Waals surface area contributed by atoms with Crippen LogP contribution >= 0.6 is 34.7 Å². The van der Waals surface area contributed by atoms with Crippen molar-refractivity contribution in [2.45, 2.75) is 0 Å². The van der Waals surface area contributed by atoms with E-state index in [2.05, 4.69) is 10.2 Å². The number of carboxylic acids is 1. The number of nitrogens with zero attached hydrogens (tertiary/aromatic N) is 1. The number of nitrogens with one attached hydrogen (secondary N) is 1. The fourth-order valence-electron chi connectivity index (χ4n) is 2.45. The van der Waals surface area contributed by atoms with E-state index in [0.717, 1.165) is 41.6 Å². The van der Waals surface area contributed by atoms with Gasteiger partial charge in [-0.15, -0.1) is 11.3 Å². The van der Waals surface area contributed by atoms with Crippen LogP contribution in [0.25, 0.3) is 0 Å². The maximum absolute atomic E-state index is 12.4. The third kappa shape index (κ3) is 3.85. The van der Waals surface area contributed by atoms with E-state index in [0.29, 0.717) is 15.6 Å².